The van der Waals surface area contributed by atoms with E-state index < -0.39 is 6.04 Å². The third-order valence-corrected chi connectivity index (χ3v) is 5.61. The van der Waals surface area contributed by atoms with Crippen LogP contribution < -0.4 is 10.6 Å². The van der Waals surface area contributed by atoms with Gasteiger partial charge >= 0.3 is 0 Å². The number of nitrogens with zero attached hydrogens (tertiary/aromatic N) is 3. The summed E-state index contributed by atoms with van der Waals surface area (Å²) in [6, 6.07) is 18.9. The van der Waals surface area contributed by atoms with Gasteiger partial charge in [-0.2, -0.15) is 5.10 Å². The molecule has 0 radical (unpaired) electrons. The number of hydrogen-bond donors (Lipinski definition) is 2. The summed E-state index contributed by atoms with van der Waals surface area (Å²) in [6.07, 6.45) is 6.24. The van der Waals surface area contributed by atoms with Crippen LogP contribution in [0.25, 0.3) is 11.1 Å². The topological polar surface area (TPSA) is 71.8 Å². The highest BCUT2D eigenvalue weighted by atomic mass is 35.5. The van der Waals surface area contributed by atoms with E-state index in [0.717, 1.165) is 23.1 Å². The highest BCUT2D eigenvalue weighted by Crippen LogP contribution is 2.22. The minimum absolute atomic E-state index is 0.192. The van der Waals surface area contributed by atoms with Crippen LogP contribution in [0.3, 0.4) is 0 Å². The summed E-state index contributed by atoms with van der Waals surface area (Å²) in [4.78, 5) is 17.6. The van der Waals surface area contributed by atoms with Crippen molar-refractivity contribution in [3.63, 3.8) is 0 Å². The smallest absolute Gasteiger partial charge is 0.247 e. The lowest BCUT2D eigenvalue weighted by atomic mass is 10.0. The van der Waals surface area contributed by atoms with Gasteiger partial charge in [-0.15, -0.1) is 0 Å². The zero-order valence-electron chi connectivity index (χ0n) is 18.6. The molecule has 0 aliphatic heterocycles. The van der Waals surface area contributed by atoms with Crippen LogP contribution in [-0.2, 0) is 18.3 Å². The number of halogens is 1. The molecule has 2 N–H and O–H groups in total. The predicted molar refractivity (Wildman–Crippen MR) is 132 cm³/mol. The Morgan fingerprint density at radius 3 is 2.55 bits per heavy atom. The van der Waals surface area contributed by atoms with E-state index in [1.807, 2.05) is 37.5 Å². The third-order valence-electron chi connectivity index (χ3n) is 5.38. The van der Waals surface area contributed by atoms with Gasteiger partial charge in [0.05, 0.1) is 6.20 Å². The lowest BCUT2D eigenvalue weighted by Crippen LogP contribution is -2.34. The fourth-order valence-corrected chi connectivity index (χ4v) is 3.77. The number of nitrogens with one attached hydrogen (secondary N) is 2. The average molecular weight is 460 g/mol. The first kappa shape index (κ1) is 22.7. The molecule has 1 atom stereocenters. The monoisotopic (exact) mass is 459 g/mol. The van der Waals surface area contributed by atoms with Crippen LogP contribution in [0, 0.1) is 6.92 Å². The van der Waals surface area contributed by atoms with Crippen LogP contribution in [0.15, 0.2) is 79.3 Å². The molecule has 1 amide bonds. The van der Waals surface area contributed by atoms with Crippen LogP contribution >= 0.6 is 11.6 Å². The van der Waals surface area contributed by atoms with Crippen molar-refractivity contribution in [2.45, 2.75) is 19.4 Å². The Morgan fingerprint density at radius 1 is 1.06 bits per heavy atom. The van der Waals surface area contributed by atoms with E-state index in [9.17, 15) is 4.79 Å². The minimum Gasteiger partial charge on any atom is -0.309 e. The number of carbonyl (C=O) groups excluding carboxylic acids is 1. The second-order valence-electron chi connectivity index (χ2n) is 8.00. The highest BCUT2D eigenvalue weighted by Gasteiger charge is 2.21. The Balaban J connectivity index is 1.46. The van der Waals surface area contributed by atoms with Gasteiger partial charge in [0.15, 0.2) is 0 Å². The van der Waals surface area contributed by atoms with Crippen LogP contribution in [0.5, 0.6) is 0 Å². The zero-order valence-corrected chi connectivity index (χ0v) is 19.4. The van der Waals surface area contributed by atoms with Crippen molar-refractivity contribution in [2.75, 3.05) is 11.9 Å². The van der Waals surface area contributed by atoms with Gasteiger partial charge in [0.2, 0.25) is 5.91 Å². The van der Waals surface area contributed by atoms with E-state index in [-0.39, 0.29) is 5.91 Å². The fraction of sp³-hybridized carbons (Fsp3) is 0.192. The second kappa shape index (κ2) is 10.4. The third kappa shape index (κ3) is 6.06. The molecule has 2 heterocycles. The standard InChI is InChI=1S/C26H26ClN5O/c1-18-6-8-19(9-7-18)12-13-28-25(20-4-3-5-23(27)14-20)26(33)31-24-11-10-21(15-29-24)22-16-30-32(2)17-22/h3-11,14-17,25,28H,12-13H2,1-2H3,(H,29,31,33)/t25-/m0/s1. The lowest BCUT2D eigenvalue weighted by Gasteiger charge is -2.19. The number of hydrogen-bond acceptors (Lipinski definition) is 4. The van der Waals surface area contributed by atoms with Crippen molar-refractivity contribution in [1.29, 1.82) is 0 Å². The maximum absolute atomic E-state index is 13.2. The number of aromatic nitrogens is 3. The first-order valence-electron chi connectivity index (χ1n) is 10.8. The summed E-state index contributed by atoms with van der Waals surface area (Å²) >= 11 is 6.20. The van der Waals surface area contributed by atoms with E-state index in [1.54, 1.807) is 29.2 Å². The molecule has 0 saturated carbocycles. The summed E-state index contributed by atoms with van der Waals surface area (Å²) in [5, 5.41) is 11.1. The Bertz CT molecular complexity index is 1220. The molecule has 0 spiro atoms. The van der Waals surface area contributed by atoms with Crippen molar-refractivity contribution < 1.29 is 4.79 Å². The maximum Gasteiger partial charge on any atom is 0.247 e. The molecule has 0 aliphatic carbocycles. The van der Waals surface area contributed by atoms with Gasteiger partial charge in [0.1, 0.15) is 11.9 Å². The van der Waals surface area contributed by atoms with Gasteiger partial charge in [0.25, 0.3) is 0 Å². The summed E-state index contributed by atoms with van der Waals surface area (Å²) in [5.74, 6) is 0.294. The number of benzene rings is 2. The van der Waals surface area contributed by atoms with E-state index in [1.165, 1.54) is 11.1 Å². The number of carbonyl (C=O) groups is 1. The Morgan fingerprint density at radius 2 is 1.88 bits per heavy atom. The predicted octanol–water partition coefficient (Wildman–Crippen LogP) is 4.96. The van der Waals surface area contributed by atoms with E-state index in [0.29, 0.717) is 17.4 Å². The molecule has 2 aromatic heterocycles. The first-order chi connectivity index (χ1) is 16.0. The maximum atomic E-state index is 13.2. The Hall–Kier alpha value is -3.48. The SMILES string of the molecule is Cc1ccc(CCN[C@H](C(=O)Nc2ccc(-c3cnn(C)c3)cn2)c2cccc(Cl)c2)cc1. The molecule has 33 heavy (non-hydrogen) atoms. The molecule has 4 rings (SSSR count). The van der Waals surface area contributed by atoms with Gasteiger partial charge in [-0.25, -0.2) is 4.98 Å². The average Bonchev–Trinajstić information content (AvgIpc) is 3.24. The molecule has 0 fully saturated rings. The van der Waals surface area contributed by atoms with E-state index in [2.05, 4.69) is 51.9 Å². The second-order valence-corrected chi connectivity index (χ2v) is 8.44. The van der Waals surface area contributed by atoms with Crippen LogP contribution in [0.1, 0.15) is 22.7 Å². The van der Waals surface area contributed by atoms with Crippen molar-refractivity contribution in [3.8, 4) is 11.1 Å². The normalized spacial score (nSPS) is 11.8. The Kier molecular flexibility index (Phi) is 7.17. The summed E-state index contributed by atoms with van der Waals surface area (Å²) in [5.41, 5.74) is 5.15. The number of pyridine rings is 1. The molecule has 4 aromatic rings. The quantitative estimate of drug-likeness (QED) is 0.391. The van der Waals surface area contributed by atoms with E-state index in [4.69, 9.17) is 11.6 Å². The first-order valence-corrected chi connectivity index (χ1v) is 11.2. The molecule has 0 aliphatic rings. The van der Waals surface area contributed by atoms with Crippen molar-refractivity contribution in [2.24, 2.45) is 7.05 Å². The van der Waals surface area contributed by atoms with Crippen LogP contribution in [0.2, 0.25) is 5.02 Å². The number of anilines is 1. The molecular formula is C26H26ClN5O. The number of amides is 1. The molecule has 0 saturated heterocycles. The molecular weight excluding hydrogens is 434 g/mol. The van der Waals surface area contributed by atoms with E-state index >= 15 is 0 Å². The van der Waals surface area contributed by atoms with Crippen molar-refractivity contribution in [3.05, 3.63) is 101 Å². The van der Waals surface area contributed by atoms with Crippen molar-refractivity contribution in [1.82, 2.24) is 20.1 Å². The summed E-state index contributed by atoms with van der Waals surface area (Å²) in [7, 11) is 1.87. The molecule has 0 bridgehead atoms. The number of aryl methyl sites for hydroxylation is 2. The van der Waals surface area contributed by atoms with Gasteiger partial charge in [0, 0.05) is 42.1 Å². The van der Waals surface area contributed by atoms with Crippen molar-refractivity contribution >= 4 is 23.3 Å². The van der Waals surface area contributed by atoms with Gasteiger partial charge in [-0.3, -0.25) is 9.48 Å². The number of rotatable bonds is 8. The molecule has 168 valence electrons. The molecule has 6 nitrogen and oxygen atoms in total. The van der Waals surface area contributed by atoms with Gasteiger partial charge in [-0.1, -0.05) is 53.6 Å². The molecule has 2 aromatic carbocycles. The zero-order chi connectivity index (χ0) is 23.2. The fourth-order valence-electron chi connectivity index (χ4n) is 3.57. The van der Waals surface area contributed by atoms with Crippen LogP contribution in [0.4, 0.5) is 5.82 Å². The lowest BCUT2D eigenvalue weighted by molar-refractivity contribution is -0.118. The Labute approximate surface area is 198 Å². The van der Waals surface area contributed by atoms with Gasteiger partial charge in [-0.05, 0) is 48.7 Å². The molecule has 0 unspecified atom stereocenters. The summed E-state index contributed by atoms with van der Waals surface area (Å²) < 4.78 is 1.74. The molecule has 7 heteroatoms. The van der Waals surface area contributed by atoms with Crippen LogP contribution in [-0.4, -0.2) is 27.2 Å². The minimum atomic E-state index is -0.561. The highest BCUT2D eigenvalue weighted by molar-refractivity contribution is 6.30. The van der Waals surface area contributed by atoms with Gasteiger partial charge < -0.3 is 10.6 Å². The summed E-state index contributed by atoms with van der Waals surface area (Å²) in [6.45, 7) is 2.71. The largest absolute Gasteiger partial charge is 0.309 e.